The number of hydrogen-bond acceptors (Lipinski definition) is 5. The van der Waals surface area contributed by atoms with Gasteiger partial charge in [-0.1, -0.05) is 0 Å². The molecule has 0 amide bonds. The van der Waals surface area contributed by atoms with Crippen molar-refractivity contribution in [1.82, 2.24) is 0 Å². The van der Waals surface area contributed by atoms with E-state index in [1.807, 2.05) is 0 Å². The first-order valence-electron chi connectivity index (χ1n) is 4.19. The molecule has 1 fully saturated rings. The number of hydroxylamine groups is 2. The number of piperidine rings is 1. The van der Waals surface area contributed by atoms with E-state index in [0.29, 0.717) is 6.42 Å². The fourth-order valence-corrected chi connectivity index (χ4v) is 3.14. The second-order valence-corrected chi connectivity index (χ2v) is 5.63. The quantitative estimate of drug-likeness (QED) is 0.338. The summed E-state index contributed by atoms with van der Waals surface area (Å²) in [6.07, 6.45) is 1.43. The zero-order chi connectivity index (χ0) is 10.9. The van der Waals surface area contributed by atoms with Crippen molar-refractivity contribution >= 4 is 9.84 Å². The molecule has 3 unspecified atom stereocenters. The van der Waals surface area contributed by atoms with Gasteiger partial charge in [0.15, 0.2) is 0 Å². The Morgan fingerprint density at radius 3 is 2.43 bits per heavy atom. The van der Waals surface area contributed by atoms with Crippen molar-refractivity contribution in [1.29, 1.82) is 0 Å². The molecule has 3 atom stereocenters. The summed E-state index contributed by atoms with van der Waals surface area (Å²) in [5.41, 5.74) is 0. The highest BCUT2D eigenvalue weighted by Gasteiger charge is 2.46. The van der Waals surface area contributed by atoms with Gasteiger partial charge in [-0.2, -0.15) is 0 Å². The summed E-state index contributed by atoms with van der Waals surface area (Å²) in [5, 5.41) is 19.9. The summed E-state index contributed by atoms with van der Waals surface area (Å²) in [7, 11) is -3.66. The molecular weight excluding hydrogens is 212 g/mol. The van der Waals surface area contributed by atoms with Gasteiger partial charge in [-0.15, -0.1) is 0 Å². The van der Waals surface area contributed by atoms with Crippen LogP contribution in [-0.2, 0) is 9.84 Å². The van der Waals surface area contributed by atoms with Crippen LogP contribution in [0.2, 0.25) is 0 Å². The van der Waals surface area contributed by atoms with Crippen molar-refractivity contribution in [3.63, 3.8) is 0 Å². The van der Waals surface area contributed by atoms with Gasteiger partial charge in [-0.3, -0.25) is 10.1 Å². The Labute approximate surface area is 81.3 Å². The summed E-state index contributed by atoms with van der Waals surface area (Å²) >= 11 is 0. The molecular formula is C6H12N2O5S. The van der Waals surface area contributed by atoms with Crippen LogP contribution in [0.15, 0.2) is 0 Å². The second kappa shape index (κ2) is 3.79. The maximum atomic E-state index is 11.3. The lowest BCUT2D eigenvalue weighted by molar-refractivity contribution is -0.882. The molecule has 1 N–H and O–H groups in total. The van der Waals surface area contributed by atoms with E-state index in [1.54, 1.807) is 0 Å². The molecule has 0 aromatic rings. The van der Waals surface area contributed by atoms with Crippen LogP contribution in [-0.4, -0.2) is 37.6 Å². The molecule has 7 nitrogen and oxygen atoms in total. The lowest BCUT2D eigenvalue weighted by atomic mass is 10.1. The highest BCUT2D eigenvalue weighted by atomic mass is 32.2. The molecule has 1 heterocycles. The van der Waals surface area contributed by atoms with Crippen LogP contribution in [0, 0.1) is 15.3 Å². The first-order chi connectivity index (χ1) is 6.34. The Bertz CT molecular complexity index is 327. The lowest BCUT2D eigenvalue weighted by Gasteiger charge is -2.34. The Morgan fingerprint density at radius 1 is 1.50 bits per heavy atom. The monoisotopic (exact) mass is 224 g/mol. The molecule has 1 aliphatic rings. The van der Waals surface area contributed by atoms with Gasteiger partial charge in [-0.25, -0.2) is 8.42 Å². The second-order valence-electron chi connectivity index (χ2n) is 3.46. The van der Waals surface area contributed by atoms with Gasteiger partial charge in [0.25, 0.3) is 11.4 Å². The molecule has 0 aromatic carbocycles. The van der Waals surface area contributed by atoms with Gasteiger partial charge in [-0.05, 0) is 0 Å². The number of quaternary nitrogens is 1. The Morgan fingerprint density at radius 2 is 2.07 bits per heavy atom. The van der Waals surface area contributed by atoms with Crippen molar-refractivity contribution in [2.45, 2.75) is 24.3 Å². The predicted octanol–water partition coefficient (Wildman–Crippen LogP) is -1.82. The van der Waals surface area contributed by atoms with Gasteiger partial charge >= 0.3 is 0 Å². The number of rotatable bonds is 2. The molecule has 8 heteroatoms. The van der Waals surface area contributed by atoms with Crippen molar-refractivity contribution in [2.24, 2.45) is 0 Å². The van der Waals surface area contributed by atoms with E-state index in [0.717, 1.165) is 6.26 Å². The summed E-state index contributed by atoms with van der Waals surface area (Å²) in [6, 6.07) is -1.26. The van der Waals surface area contributed by atoms with E-state index in [4.69, 9.17) is 0 Å². The molecule has 1 rings (SSSR count). The normalized spacial score (nSPS) is 34.0. The van der Waals surface area contributed by atoms with E-state index in [2.05, 4.69) is 0 Å². The highest BCUT2D eigenvalue weighted by molar-refractivity contribution is 7.91. The Kier molecular flexibility index (Phi) is 3.07. The number of nitro groups is 1. The lowest BCUT2D eigenvalue weighted by Crippen LogP contribution is -3.15. The fraction of sp³-hybridized carbons (Fsp3) is 1.00. The average molecular weight is 224 g/mol. The molecule has 1 aliphatic heterocycles. The molecule has 0 radical (unpaired) electrons. The van der Waals surface area contributed by atoms with Crippen LogP contribution < -0.4 is 5.06 Å². The summed E-state index contributed by atoms with van der Waals surface area (Å²) in [6.45, 7) is 0.127. The van der Waals surface area contributed by atoms with Crippen LogP contribution in [0.5, 0.6) is 0 Å². The van der Waals surface area contributed by atoms with Crippen LogP contribution in [0.1, 0.15) is 12.8 Å². The fourth-order valence-electron chi connectivity index (χ4n) is 1.73. The largest absolute Gasteiger partial charge is 0.633 e. The van der Waals surface area contributed by atoms with E-state index < -0.39 is 31.2 Å². The van der Waals surface area contributed by atoms with Gasteiger partial charge in [0.05, 0.1) is 6.54 Å². The highest BCUT2D eigenvalue weighted by Crippen LogP contribution is 2.12. The minimum atomic E-state index is -3.66. The van der Waals surface area contributed by atoms with Gasteiger partial charge in [0.2, 0.25) is 9.84 Å². The molecule has 14 heavy (non-hydrogen) atoms. The maximum Gasteiger partial charge on any atom is 0.278 e. The minimum Gasteiger partial charge on any atom is -0.633 e. The smallest absolute Gasteiger partial charge is 0.278 e. The number of nitrogens with zero attached hydrogens (tertiary/aromatic N) is 1. The molecule has 0 aromatic heterocycles. The standard InChI is InChI=1S/C6H12N2O5S/c1-14(12,13)6-5(8(10)11)3-2-4-7(6)9/h5-7H,2-4H2,1H3. The van der Waals surface area contributed by atoms with E-state index in [1.165, 1.54) is 0 Å². The topological polar surface area (TPSA) is 105 Å². The first-order valence-corrected chi connectivity index (χ1v) is 6.14. The Balaban J connectivity index is 2.99. The maximum absolute atomic E-state index is 11.3. The van der Waals surface area contributed by atoms with E-state index >= 15 is 0 Å². The predicted molar refractivity (Wildman–Crippen MR) is 47.8 cm³/mol. The molecule has 0 aliphatic carbocycles. The van der Waals surface area contributed by atoms with Crippen molar-refractivity contribution in [3.05, 3.63) is 15.3 Å². The third-order valence-corrected chi connectivity index (χ3v) is 3.82. The van der Waals surface area contributed by atoms with Crippen molar-refractivity contribution in [3.8, 4) is 0 Å². The van der Waals surface area contributed by atoms with E-state index in [9.17, 15) is 23.7 Å². The van der Waals surface area contributed by atoms with Crippen molar-refractivity contribution in [2.75, 3.05) is 12.8 Å². The first kappa shape index (κ1) is 11.3. The molecule has 0 spiro atoms. The van der Waals surface area contributed by atoms with Gasteiger partial charge in [0, 0.05) is 24.0 Å². The average Bonchev–Trinajstić information content (AvgIpc) is 2.01. The summed E-state index contributed by atoms with van der Waals surface area (Å²) in [4.78, 5) is 9.88. The van der Waals surface area contributed by atoms with Crippen LogP contribution in [0.3, 0.4) is 0 Å². The SMILES string of the molecule is CS(=O)(=O)C1C([N+](=O)[O-])CCC[NH+]1[O-]. The molecule has 1 saturated heterocycles. The van der Waals surface area contributed by atoms with Crippen LogP contribution in [0.4, 0.5) is 0 Å². The third kappa shape index (κ3) is 2.20. The van der Waals surface area contributed by atoms with Gasteiger partial charge < -0.3 is 10.3 Å². The summed E-state index contributed by atoms with van der Waals surface area (Å²) < 4.78 is 22.4. The van der Waals surface area contributed by atoms with E-state index in [-0.39, 0.29) is 13.0 Å². The minimum absolute atomic E-state index is 0.127. The van der Waals surface area contributed by atoms with Crippen LogP contribution >= 0.6 is 0 Å². The van der Waals surface area contributed by atoms with Crippen LogP contribution in [0.25, 0.3) is 0 Å². The van der Waals surface area contributed by atoms with Gasteiger partial charge in [0.1, 0.15) is 0 Å². The number of nitrogens with one attached hydrogen (secondary N) is 1. The number of sulfone groups is 1. The molecule has 0 bridgehead atoms. The summed E-state index contributed by atoms with van der Waals surface area (Å²) in [5.74, 6) is 0. The van der Waals surface area contributed by atoms with Crippen molar-refractivity contribution < 1.29 is 18.4 Å². The molecule has 0 saturated carbocycles. The third-order valence-electron chi connectivity index (χ3n) is 2.32. The zero-order valence-electron chi connectivity index (χ0n) is 7.67. The molecule has 82 valence electrons. The zero-order valence-corrected chi connectivity index (χ0v) is 8.49. The Hall–Kier alpha value is -0.730. The number of hydrogen-bond donors (Lipinski definition) is 1.